The van der Waals surface area contributed by atoms with Gasteiger partial charge in [-0.3, -0.25) is 10.1 Å². The van der Waals surface area contributed by atoms with Crippen molar-refractivity contribution >= 4 is 33.1 Å². The van der Waals surface area contributed by atoms with Gasteiger partial charge < -0.3 is 5.32 Å². The van der Waals surface area contributed by atoms with E-state index in [0.717, 1.165) is 21.5 Å². The summed E-state index contributed by atoms with van der Waals surface area (Å²) in [7, 11) is 0. The Labute approximate surface area is 119 Å². The minimum absolute atomic E-state index is 0.104. The molecule has 0 amide bonds. The number of non-ortho nitro benzene ring substituents is 1. The number of fused-ring (bicyclic) bond motifs is 1. The molecule has 1 N–H and O–H groups in total. The van der Waals surface area contributed by atoms with Crippen molar-refractivity contribution < 1.29 is 4.92 Å². The lowest BCUT2D eigenvalue weighted by molar-refractivity contribution is -0.384. The summed E-state index contributed by atoms with van der Waals surface area (Å²) in [4.78, 5) is 10.2. The highest BCUT2D eigenvalue weighted by atomic mass is 32.1. The number of nitrogens with zero attached hydrogens (tertiary/aromatic N) is 2. The number of nitrogens with one attached hydrogen (secondary N) is 1. The Morgan fingerprint density at radius 3 is 2.65 bits per heavy atom. The lowest BCUT2D eigenvalue weighted by atomic mass is 10.2. The predicted octanol–water partition coefficient (Wildman–Crippen LogP) is 3.82. The average molecular weight is 285 g/mol. The monoisotopic (exact) mass is 285 g/mol. The zero-order valence-electron chi connectivity index (χ0n) is 10.4. The Bertz CT molecular complexity index is 752. The number of nitro benzene ring substituents is 1. The second kappa shape index (κ2) is 5.26. The fraction of sp³-hybridized carbons (Fsp3) is 0.0714. The summed E-state index contributed by atoms with van der Waals surface area (Å²) in [6.45, 7) is 0.589. The zero-order valence-corrected chi connectivity index (χ0v) is 11.3. The average Bonchev–Trinajstić information content (AvgIpc) is 2.89. The Morgan fingerprint density at radius 2 is 1.90 bits per heavy atom. The number of hydrogen-bond donors (Lipinski definition) is 1. The summed E-state index contributed by atoms with van der Waals surface area (Å²) < 4.78 is 5.52. The molecule has 0 aliphatic heterocycles. The quantitative estimate of drug-likeness (QED) is 0.584. The number of anilines is 1. The van der Waals surface area contributed by atoms with Gasteiger partial charge in [0.2, 0.25) is 0 Å². The topological polar surface area (TPSA) is 68.1 Å². The first-order valence-electron chi connectivity index (χ1n) is 6.05. The van der Waals surface area contributed by atoms with Crippen molar-refractivity contribution in [2.24, 2.45) is 0 Å². The van der Waals surface area contributed by atoms with Gasteiger partial charge in [0.15, 0.2) is 0 Å². The van der Waals surface area contributed by atoms with Crippen LogP contribution >= 0.6 is 11.5 Å². The molecule has 0 saturated carbocycles. The minimum atomic E-state index is -0.398. The molecule has 0 saturated heterocycles. The molecule has 0 spiro atoms. The molecule has 0 aliphatic carbocycles. The fourth-order valence-corrected chi connectivity index (χ4v) is 2.69. The summed E-state index contributed by atoms with van der Waals surface area (Å²) in [5.74, 6) is 0.851. The molecule has 1 heterocycles. The first-order valence-corrected chi connectivity index (χ1v) is 6.83. The molecule has 0 bridgehead atoms. The van der Waals surface area contributed by atoms with E-state index < -0.39 is 4.92 Å². The normalized spacial score (nSPS) is 10.6. The van der Waals surface area contributed by atoms with E-state index in [1.807, 2.05) is 24.3 Å². The van der Waals surface area contributed by atoms with Gasteiger partial charge in [0, 0.05) is 24.1 Å². The third kappa shape index (κ3) is 2.46. The number of hydrogen-bond acceptors (Lipinski definition) is 5. The van der Waals surface area contributed by atoms with Crippen molar-refractivity contribution in [2.75, 3.05) is 5.32 Å². The van der Waals surface area contributed by atoms with E-state index in [-0.39, 0.29) is 5.69 Å². The Kier molecular flexibility index (Phi) is 3.30. The van der Waals surface area contributed by atoms with Gasteiger partial charge in [-0.15, -0.1) is 0 Å². The first kappa shape index (κ1) is 12.6. The molecule has 20 heavy (non-hydrogen) atoms. The molecular formula is C14H11N3O2S. The van der Waals surface area contributed by atoms with Gasteiger partial charge in [0.25, 0.3) is 5.69 Å². The summed E-state index contributed by atoms with van der Waals surface area (Å²) in [6.07, 6.45) is 0. The molecule has 3 rings (SSSR count). The molecule has 0 unspecified atom stereocenters. The van der Waals surface area contributed by atoms with Crippen LogP contribution in [-0.4, -0.2) is 9.30 Å². The number of rotatable bonds is 4. The van der Waals surface area contributed by atoms with E-state index in [1.165, 1.54) is 23.7 Å². The second-order valence-corrected chi connectivity index (χ2v) is 5.11. The van der Waals surface area contributed by atoms with Gasteiger partial charge in [-0.2, -0.15) is 4.37 Å². The summed E-state index contributed by atoms with van der Waals surface area (Å²) in [5.41, 5.74) is 1.08. The SMILES string of the molecule is O=[N+]([O-])c1ccc(CNc2nsc3ccccc23)cc1. The van der Waals surface area contributed by atoms with E-state index in [1.54, 1.807) is 12.1 Å². The molecule has 3 aromatic rings. The Balaban J connectivity index is 1.74. The summed E-state index contributed by atoms with van der Waals surface area (Å²) >= 11 is 1.45. The maximum absolute atomic E-state index is 10.6. The molecule has 0 atom stereocenters. The summed E-state index contributed by atoms with van der Waals surface area (Å²) in [6, 6.07) is 14.5. The van der Waals surface area contributed by atoms with Crippen LogP contribution in [0.3, 0.4) is 0 Å². The van der Waals surface area contributed by atoms with Crippen molar-refractivity contribution in [1.29, 1.82) is 0 Å². The van der Waals surface area contributed by atoms with Crippen LogP contribution in [0.15, 0.2) is 48.5 Å². The highest BCUT2D eigenvalue weighted by Crippen LogP contribution is 2.26. The zero-order chi connectivity index (χ0) is 13.9. The first-order chi connectivity index (χ1) is 9.74. The third-order valence-electron chi connectivity index (χ3n) is 2.98. The van der Waals surface area contributed by atoms with E-state index in [4.69, 9.17) is 0 Å². The van der Waals surface area contributed by atoms with Crippen molar-refractivity contribution in [3.05, 3.63) is 64.2 Å². The van der Waals surface area contributed by atoms with Crippen LogP contribution in [0.5, 0.6) is 0 Å². The van der Waals surface area contributed by atoms with E-state index in [9.17, 15) is 10.1 Å². The van der Waals surface area contributed by atoms with Crippen LogP contribution in [-0.2, 0) is 6.54 Å². The van der Waals surface area contributed by atoms with Crippen LogP contribution in [0.25, 0.3) is 10.1 Å². The third-order valence-corrected chi connectivity index (χ3v) is 3.81. The maximum Gasteiger partial charge on any atom is 0.269 e. The van der Waals surface area contributed by atoms with E-state index >= 15 is 0 Å². The van der Waals surface area contributed by atoms with Crippen molar-refractivity contribution in [3.8, 4) is 0 Å². The molecular weight excluding hydrogens is 274 g/mol. The number of aromatic nitrogens is 1. The molecule has 100 valence electrons. The van der Waals surface area contributed by atoms with Gasteiger partial charge >= 0.3 is 0 Å². The van der Waals surface area contributed by atoms with Gasteiger partial charge in [-0.25, -0.2) is 0 Å². The van der Waals surface area contributed by atoms with Crippen LogP contribution in [0, 0.1) is 10.1 Å². The van der Waals surface area contributed by atoms with Crippen LogP contribution in [0.2, 0.25) is 0 Å². The van der Waals surface area contributed by atoms with Crippen LogP contribution < -0.4 is 5.32 Å². The fourth-order valence-electron chi connectivity index (χ4n) is 1.93. The van der Waals surface area contributed by atoms with Crippen molar-refractivity contribution in [1.82, 2.24) is 4.37 Å². The minimum Gasteiger partial charge on any atom is -0.365 e. The molecule has 1 aromatic heterocycles. The largest absolute Gasteiger partial charge is 0.365 e. The van der Waals surface area contributed by atoms with Crippen molar-refractivity contribution in [2.45, 2.75) is 6.54 Å². The number of nitro groups is 1. The predicted molar refractivity (Wildman–Crippen MR) is 80.0 cm³/mol. The van der Waals surface area contributed by atoms with E-state index in [2.05, 4.69) is 9.69 Å². The second-order valence-electron chi connectivity index (χ2n) is 4.30. The molecule has 0 aliphatic rings. The van der Waals surface area contributed by atoms with E-state index in [0.29, 0.717) is 6.54 Å². The Hall–Kier alpha value is -2.47. The van der Waals surface area contributed by atoms with Crippen LogP contribution in [0.4, 0.5) is 11.5 Å². The van der Waals surface area contributed by atoms with Gasteiger partial charge in [0.05, 0.1) is 9.62 Å². The highest BCUT2D eigenvalue weighted by molar-refractivity contribution is 7.13. The Morgan fingerprint density at radius 1 is 1.15 bits per heavy atom. The van der Waals surface area contributed by atoms with Gasteiger partial charge in [0.1, 0.15) is 5.82 Å². The molecule has 0 fully saturated rings. The lowest BCUT2D eigenvalue weighted by Gasteiger charge is -2.03. The number of benzene rings is 2. The van der Waals surface area contributed by atoms with Gasteiger partial charge in [-0.1, -0.05) is 24.3 Å². The van der Waals surface area contributed by atoms with Crippen molar-refractivity contribution in [3.63, 3.8) is 0 Å². The molecule has 5 nitrogen and oxygen atoms in total. The maximum atomic E-state index is 10.6. The molecule has 2 aromatic carbocycles. The smallest absolute Gasteiger partial charge is 0.269 e. The van der Waals surface area contributed by atoms with Crippen LogP contribution in [0.1, 0.15) is 5.56 Å². The lowest BCUT2D eigenvalue weighted by Crippen LogP contribution is -2.00. The standard InChI is InChI=1S/C14H11N3O2S/c18-17(19)11-7-5-10(6-8-11)9-15-14-12-3-1-2-4-13(12)20-16-14/h1-8H,9H2,(H,15,16). The molecule has 6 heteroatoms. The van der Waals surface area contributed by atoms with Gasteiger partial charge in [-0.05, 0) is 29.2 Å². The molecule has 0 radical (unpaired) electrons. The summed E-state index contributed by atoms with van der Waals surface area (Å²) in [5, 5.41) is 14.9. The highest BCUT2D eigenvalue weighted by Gasteiger charge is 2.06.